The number of amides is 2. The maximum absolute atomic E-state index is 11.8. The fourth-order valence-electron chi connectivity index (χ4n) is 1.83. The fourth-order valence-corrected chi connectivity index (χ4v) is 1.83. The maximum Gasteiger partial charge on any atom is 0.323 e. The number of aromatic nitrogens is 2. The summed E-state index contributed by atoms with van der Waals surface area (Å²) < 4.78 is 0. The van der Waals surface area contributed by atoms with Gasteiger partial charge in [0.2, 0.25) is 0 Å². The zero-order valence-corrected chi connectivity index (χ0v) is 12.1. The van der Waals surface area contributed by atoms with Gasteiger partial charge >= 0.3 is 6.03 Å². The lowest BCUT2D eigenvalue weighted by Gasteiger charge is -2.05. The van der Waals surface area contributed by atoms with Gasteiger partial charge in [-0.3, -0.25) is 5.10 Å². The van der Waals surface area contributed by atoms with Gasteiger partial charge in [0.05, 0.1) is 23.3 Å². The van der Waals surface area contributed by atoms with Crippen molar-refractivity contribution in [1.82, 2.24) is 10.2 Å². The van der Waals surface area contributed by atoms with Gasteiger partial charge in [0, 0.05) is 11.9 Å². The molecule has 0 bridgehead atoms. The average Bonchev–Trinajstić information content (AvgIpc) is 3.08. The summed E-state index contributed by atoms with van der Waals surface area (Å²) in [5.41, 5.74) is 2.74. The van der Waals surface area contributed by atoms with E-state index in [-0.39, 0.29) is 6.03 Å². The van der Waals surface area contributed by atoms with Crippen molar-refractivity contribution >= 4 is 28.8 Å². The number of anilines is 2. The fraction of sp³-hybridized carbons (Fsp3) is 0. The van der Waals surface area contributed by atoms with Crippen LogP contribution in [0.5, 0.6) is 0 Å². The standard InChI is InChI=1S/C16H14N6O/c23-16(20-15-10-17-18-11-15)19-12-6-8-14(9-7-12)22-21-13-4-2-1-3-5-13/h1-11H,(H,17,18)(H2,19,20,23). The number of urea groups is 1. The molecule has 2 amide bonds. The summed E-state index contributed by atoms with van der Waals surface area (Å²) in [6.07, 6.45) is 3.11. The molecule has 0 saturated carbocycles. The number of hydrogen-bond donors (Lipinski definition) is 3. The van der Waals surface area contributed by atoms with Gasteiger partial charge in [0.25, 0.3) is 0 Å². The first kappa shape index (κ1) is 14.5. The van der Waals surface area contributed by atoms with E-state index in [9.17, 15) is 4.79 Å². The number of carbonyl (C=O) groups is 1. The number of carbonyl (C=O) groups excluding carboxylic acids is 1. The first-order valence-corrected chi connectivity index (χ1v) is 6.93. The lowest BCUT2D eigenvalue weighted by Crippen LogP contribution is -2.18. The van der Waals surface area contributed by atoms with Gasteiger partial charge in [-0.15, -0.1) is 0 Å². The zero-order chi connectivity index (χ0) is 15.9. The van der Waals surface area contributed by atoms with E-state index >= 15 is 0 Å². The second kappa shape index (κ2) is 6.99. The van der Waals surface area contributed by atoms with Crippen LogP contribution >= 0.6 is 0 Å². The van der Waals surface area contributed by atoms with Crippen LogP contribution in [-0.2, 0) is 0 Å². The first-order valence-electron chi connectivity index (χ1n) is 6.93. The smallest absolute Gasteiger partial charge is 0.308 e. The van der Waals surface area contributed by atoms with Gasteiger partial charge in [-0.25, -0.2) is 4.79 Å². The van der Waals surface area contributed by atoms with Crippen LogP contribution in [0.2, 0.25) is 0 Å². The minimum Gasteiger partial charge on any atom is -0.308 e. The van der Waals surface area contributed by atoms with Crippen molar-refractivity contribution in [1.29, 1.82) is 0 Å². The third-order valence-corrected chi connectivity index (χ3v) is 2.92. The van der Waals surface area contributed by atoms with Gasteiger partial charge in [0.1, 0.15) is 0 Å². The molecule has 0 aliphatic heterocycles. The Morgan fingerprint density at radius 1 is 0.870 bits per heavy atom. The zero-order valence-electron chi connectivity index (χ0n) is 12.1. The molecule has 2 aromatic carbocycles. The number of aromatic amines is 1. The molecule has 3 N–H and O–H groups in total. The maximum atomic E-state index is 11.8. The van der Waals surface area contributed by atoms with Gasteiger partial charge in [-0.1, -0.05) is 18.2 Å². The molecule has 7 nitrogen and oxygen atoms in total. The largest absolute Gasteiger partial charge is 0.323 e. The lowest BCUT2D eigenvalue weighted by molar-refractivity contribution is 0.262. The highest BCUT2D eigenvalue weighted by Gasteiger charge is 2.03. The molecule has 3 aromatic rings. The van der Waals surface area contributed by atoms with Gasteiger partial charge in [-0.05, 0) is 36.4 Å². The van der Waals surface area contributed by atoms with Crippen molar-refractivity contribution in [3.63, 3.8) is 0 Å². The Kier molecular flexibility index (Phi) is 4.39. The highest BCUT2D eigenvalue weighted by atomic mass is 16.2. The van der Waals surface area contributed by atoms with Gasteiger partial charge < -0.3 is 10.6 Å². The summed E-state index contributed by atoms with van der Waals surface area (Å²) in [5, 5.41) is 20.0. The Morgan fingerprint density at radius 2 is 1.52 bits per heavy atom. The average molecular weight is 306 g/mol. The first-order chi connectivity index (χ1) is 11.3. The molecule has 0 spiro atoms. The monoisotopic (exact) mass is 306 g/mol. The van der Waals surface area contributed by atoms with Crippen LogP contribution in [-0.4, -0.2) is 16.2 Å². The number of hydrogen-bond acceptors (Lipinski definition) is 4. The second-order valence-corrected chi connectivity index (χ2v) is 4.65. The van der Waals surface area contributed by atoms with Crippen molar-refractivity contribution < 1.29 is 4.79 Å². The molecule has 114 valence electrons. The Balaban J connectivity index is 1.58. The van der Waals surface area contributed by atoms with E-state index in [1.807, 2.05) is 30.3 Å². The van der Waals surface area contributed by atoms with Crippen LogP contribution in [0.15, 0.2) is 77.2 Å². The summed E-state index contributed by atoms with van der Waals surface area (Å²) in [4.78, 5) is 11.8. The number of H-pyrrole nitrogens is 1. The Hall–Kier alpha value is -3.48. The summed E-state index contributed by atoms with van der Waals surface area (Å²) >= 11 is 0. The Morgan fingerprint density at radius 3 is 2.17 bits per heavy atom. The second-order valence-electron chi connectivity index (χ2n) is 4.65. The van der Waals surface area contributed by atoms with Crippen LogP contribution < -0.4 is 10.6 Å². The van der Waals surface area contributed by atoms with E-state index in [1.165, 1.54) is 6.20 Å². The molecule has 1 aromatic heterocycles. The van der Waals surface area contributed by atoms with Crippen molar-refractivity contribution in [3.05, 3.63) is 67.0 Å². The van der Waals surface area contributed by atoms with Crippen molar-refractivity contribution in [2.45, 2.75) is 0 Å². The van der Waals surface area contributed by atoms with Crippen LogP contribution in [0, 0.1) is 0 Å². The predicted molar refractivity (Wildman–Crippen MR) is 88.3 cm³/mol. The number of nitrogens with one attached hydrogen (secondary N) is 3. The molecule has 0 aliphatic rings. The van der Waals surface area contributed by atoms with E-state index in [4.69, 9.17) is 0 Å². The van der Waals surface area contributed by atoms with E-state index in [2.05, 4.69) is 31.1 Å². The minimum atomic E-state index is -0.343. The molecule has 0 unspecified atom stereocenters. The van der Waals surface area contributed by atoms with Crippen molar-refractivity contribution in [2.24, 2.45) is 10.2 Å². The molecule has 0 fully saturated rings. The van der Waals surface area contributed by atoms with E-state index in [0.717, 1.165) is 5.69 Å². The van der Waals surface area contributed by atoms with Crippen LogP contribution in [0.3, 0.4) is 0 Å². The molecule has 3 rings (SSSR count). The normalized spacial score (nSPS) is 10.6. The molecule has 0 saturated heterocycles. The third-order valence-electron chi connectivity index (χ3n) is 2.92. The summed E-state index contributed by atoms with van der Waals surface area (Å²) in [6.45, 7) is 0. The lowest BCUT2D eigenvalue weighted by atomic mass is 10.3. The number of benzene rings is 2. The van der Waals surface area contributed by atoms with E-state index in [0.29, 0.717) is 17.1 Å². The summed E-state index contributed by atoms with van der Waals surface area (Å²) in [6, 6.07) is 16.2. The van der Waals surface area contributed by atoms with Crippen LogP contribution in [0.4, 0.5) is 27.5 Å². The Bertz CT molecular complexity index is 781. The van der Waals surface area contributed by atoms with Crippen LogP contribution in [0.1, 0.15) is 0 Å². The third kappa shape index (κ3) is 4.24. The molecule has 23 heavy (non-hydrogen) atoms. The molecular weight excluding hydrogens is 292 g/mol. The molecule has 7 heteroatoms. The number of azo groups is 1. The van der Waals surface area contributed by atoms with Crippen molar-refractivity contribution in [2.75, 3.05) is 10.6 Å². The topological polar surface area (TPSA) is 94.5 Å². The minimum absolute atomic E-state index is 0.343. The Labute approximate surface area is 132 Å². The number of nitrogens with zero attached hydrogens (tertiary/aromatic N) is 3. The molecular formula is C16H14N6O. The molecule has 0 aliphatic carbocycles. The van der Waals surface area contributed by atoms with E-state index in [1.54, 1.807) is 30.5 Å². The van der Waals surface area contributed by atoms with Gasteiger partial charge in [-0.2, -0.15) is 15.3 Å². The SMILES string of the molecule is O=C(Nc1ccc(N=Nc2ccccc2)cc1)Nc1cn[nH]c1. The van der Waals surface area contributed by atoms with Gasteiger partial charge in [0.15, 0.2) is 0 Å². The molecule has 0 radical (unpaired) electrons. The van der Waals surface area contributed by atoms with E-state index < -0.39 is 0 Å². The summed E-state index contributed by atoms with van der Waals surface area (Å²) in [7, 11) is 0. The quantitative estimate of drug-likeness (QED) is 0.620. The predicted octanol–water partition coefficient (Wildman–Crippen LogP) is 4.47. The molecule has 1 heterocycles. The number of rotatable bonds is 4. The summed E-state index contributed by atoms with van der Waals surface area (Å²) in [5.74, 6) is 0. The molecule has 0 atom stereocenters. The van der Waals surface area contributed by atoms with Crippen molar-refractivity contribution in [3.8, 4) is 0 Å². The highest BCUT2D eigenvalue weighted by molar-refractivity contribution is 5.99. The van der Waals surface area contributed by atoms with Crippen LogP contribution in [0.25, 0.3) is 0 Å². The highest BCUT2D eigenvalue weighted by Crippen LogP contribution is 2.20.